The molecule has 180 valence electrons. The van der Waals surface area contributed by atoms with Crippen LogP contribution in [0.15, 0.2) is 35.1 Å². The van der Waals surface area contributed by atoms with Gasteiger partial charge >= 0.3 is 12.1 Å². The number of carboxylic acid groups (broad SMARTS) is 1. The molecule has 2 aliphatic rings. The predicted molar refractivity (Wildman–Crippen MR) is 106 cm³/mol. The SMILES string of the molecule is Cc1cc(C(=O)N2CCC[C@]3(C[C@H](OCc4cccnc4)CO3)C2)on1.O=C(O)C(F)(F)F. The van der Waals surface area contributed by atoms with Crippen LogP contribution in [0.4, 0.5) is 13.2 Å². The van der Waals surface area contributed by atoms with Crippen LogP contribution in [0.25, 0.3) is 0 Å². The molecule has 9 nitrogen and oxygen atoms in total. The molecule has 2 fully saturated rings. The number of hydrogen-bond donors (Lipinski definition) is 1. The third-order valence-corrected chi connectivity index (χ3v) is 5.29. The van der Waals surface area contributed by atoms with Crippen LogP contribution in [0, 0.1) is 6.92 Å². The maximum Gasteiger partial charge on any atom is 0.490 e. The molecule has 0 aliphatic carbocycles. The number of carboxylic acids is 1. The van der Waals surface area contributed by atoms with Crippen molar-refractivity contribution >= 4 is 11.9 Å². The van der Waals surface area contributed by atoms with Crippen LogP contribution in [0.3, 0.4) is 0 Å². The number of aryl methyl sites for hydroxylation is 1. The Labute approximate surface area is 187 Å². The first kappa shape index (κ1) is 24.6. The van der Waals surface area contributed by atoms with Gasteiger partial charge in [-0.05, 0) is 31.4 Å². The highest BCUT2D eigenvalue weighted by Crippen LogP contribution is 2.36. The summed E-state index contributed by atoms with van der Waals surface area (Å²) in [6.07, 6.45) is 1.17. The summed E-state index contributed by atoms with van der Waals surface area (Å²) in [4.78, 5) is 27.5. The number of nitrogens with zero attached hydrogens (tertiary/aromatic N) is 3. The quantitative estimate of drug-likeness (QED) is 0.724. The molecule has 4 rings (SSSR count). The highest BCUT2D eigenvalue weighted by molar-refractivity contribution is 5.91. The lowest BCUT2D eigenvalue weighted by Crippen LogP contribution is -2.50. The van der Waals surface area contributed by atoms with E-state index in [-0.39, 0.29) is 17.6 Å². The zero-order chi connectivity index (χ0) is 24.1. The highest BCUT2D eigenvalue weighted by Gasteiger charge is 2.45. The van der Waals surface area contributed by atoms with Crippen molar-refractivity contribution in [3.8, 4) is 0 Å². The molecule has 2 saturated heterocycles. The molecule has 4 heterocycles. The van der Waals surface area contributed by atoms with Gasteiger partial charge in [0.15, 0.2) is 0 Å². The summed E-state index contributed by atoms with van der Waals surface area (Å²) < 4.78 is 49.0. The number of carbonyl (C=O) groups excluding carboxylic acids is 1. The molecule has 2 aromatic heterocycles. The van der Waals surface area contributed by atoms with Crippen LogP contribution in [-0.2, 0) is 20.9 Å². The minimum Gasteiger partial charge on any atom is -0.475 e. The molecule has 0 unspecified atom stereocenters. The number of hydrogen-bond acceptors (Lipinski definition) is 7. The molecule has 12 heteroatoms. The second-order valence-corrected chi connectivity index (χ2v) is 7.96. The van der Waals surface area contributed by atoms with Crippen molar-refractivity contribution in [3.63, 3.8) is 0 Å². The first-order valence-electron chi connectivity index (χ1n) is 10.3. The van der Waals surface area contributed by atoms with Crippen molar-refractivity contribution < 1.29 is 41.9 Å². The van der Waals surface area contributed by atoms with Crippen molar-refractivity contribution in [2.24, 2.45) is 0 Å². The Morgan fingerprint density at radius 3 is 2.76 bits per heavy atom. The minimum absolute atomic E-state index is 0.0396. The Kier molecular flexibility index (Phi) is 7.69. The van der Waals surface area contributed by atoms with Crippen LogP contribution in [0.5, 0.6) is 0 Å². The Morgan fingerprint density at radius 2 is 2.15 bits per heavy atom. The third kappa shape index (κ3) is 6.75. The normalized spacial score (nSPS) is 22.7. The third-order valence-electron chi connectivity index (χ3n) is 5.29. The lowest BCUT2D eigenvalue weighted by Gasteiger charge is -2.39. The van der Waals surface area contributed by atoms with Gasteiger partial charge in [0.05, 0.1) is 37.2 Å². The minimum atomic E-state index is -5.08. The van der Waals surface area contributed by atoms with Gasteiger partial charge in [0, 0.05) is 31.4 Å². The summed E-state index contributed by atoms with van der Waals surface area (Å²) in [5, 5.41) is 10.9. The maximum absolute atomic E-state index is 12.6. The van der Waals surface area contributed by atoms with Gasteiger partial charge in [-0.25, -0.2) is 4.79 Å². The number of amides is 1. The molecule has 2 atom stereocenters. The fraction of sp³-hybridized carbons (Fsp3) is 0.524. The van der Waals surface area contributed by atoms with E-state index in [1.807, 2.05) is 30.2 Å². The Bertz CT molecular complexity index is 952. The number of carbonyl (C=O) groups is 2. The molecule has 1 spiro atoms. The lowest BCUT2D eigenvalue weighted by atomic mass is 9.89. The summed E-state index contributed by atoms with van der Waals surface area (Å²) >= 11 is 0. The molecule has 1 N–H and O–H groups in total. The molecule has 33 heavy (non-hydrogen) atoms. The smallest absolute Gasteiger partial charge is 0.475 e. The van der Waals surface area contributed by atoms with Gasteiger partial charge in [-0.2, -0.15) is 13.2 Å². The van der Waals surface area contributed by atoms with E-state index in [0.717, 1.165) is 24.8 Å². The monoisotopic (exact) mass is 471 g/mol. The van der Waals surface area contributed by atoms with Gasteiger partial charge in [-0.3, -0.25) is 9.78 Å². The second-order valence-electron chi connectivity index (χ2n) is 7.96. The number of rotatable bonds is 4. The second kappa shape index (κ2) is 10.3. The first-order chi connectivity index (χ1) is 15.6. The van der Waals surface area contributed by atoms with Crippen LogP contribution in [-0.4, -0.2) is 69.6 Å². The largest absolute Gasteiger partial charge is 0.490 e. The molecule has 0 radical (unpaired) electrons. The zero-order valence-electron chi connectivity index (χ0n) is 17.9. The summed E-state index contributed by atoms with van der Waals surface area (Å²) in [5.41, 5.74) is 1.44. The Morgan fingerprint density at radius 1 is 1.39 bits per heavy atom. The van der Waals surface area contributed by atoms with Gasteiger partial charge in [0.25, 0.3) is 5.91 Å². The van der Waals surface area contributed by atoms with E-state index in [1.165, 1.54) is 0 Å². The molecule has 0 saturated carbocycles. The zero-order valence-corrected chi connectivity index (χ0v) is 17.9. The Balaban J connectivity index is 0.000000383. The van der Waals surface area contributed by atoms with E-state index >= 15 is 0 Å². The van der Waals surface area contributed by atoms with E-state index in [2.05, 4.69) is 10.1 Å². The molecule has 2 aliphatic heterocycles. The van der Waals surface area contributed by atoms with Gasteiger partial charge in [-0.1, -0.05) is 11.2 Å². The van der Waals surface area contributed by atoms with Crippen molar-refractivity contribution in [2.75, 3.05) is 19.7 Å². The molecule has 2 aromatic rings. The fourth-order valence-electron chi connectivity index (χ4n) is 3.78. The van der Waals surface area contributed by atoms with Crippen LogP contribution >= 0.6 is 0 Å². The first-order valence-corrected chi connectivity index (χ1v) is 10.3. The van der Waals surface area contributed by atoms with E-state index < -0.39 is 12.1 Å². The number of likely N-dealkylation sites (tertiary alicyclic amines) is 1. The molecular weight excluding hydrogens is 447 g/mol. The van der Waals surface area contributed by atoms with E-state index in [4.69, 9.17) is 23.9 Å². The average molecular weight is 471 g/mol. The standard InChI is InChI=1S/C19H23N3O4.C2HF3O2/c1-14-8-17(26-21-14)18(23)22-7-3-5-19(13-22)9-16(12-25-19)24-11-15-4-2-6-20-10-15;3-2(4,5)1(6)7/h2,4,6,8,10,16H,3,5,7,9,11-13H2,1H3;(H,6,7)/t16-,19-;/m0./s1. The number of alkyl halides is 3. The molecular formula is C21H24F3N3O6. The van der Waals surface area contributed by atoms with Crippen molar-refractivity contribution in [1.29, 1.82) is 0 Å². The number of ether oxygens (including phenoxy) is 2. The van der Waals surface area contributed by atoms with Gasteiger partial charge < -0.3 is 24.0 Å². The van der Waals surface area contributed by atoms with Crippen molar-refractivity contribution in [1.82, 2.24) is 15.0 Å². The highest BCUT2D eigenvalue weighted by atomic mass is 19.4. The van der Waals surface area contributed by atoms with E-state index in [0.29, 0.717) is 37.8 Å². The van der Waals surface area contributed by atoms with Crippen LogP contribution < -0.4 is 0 Å². The summed E-state index contributed by atoms with van der Waals surface area (Å²) in [6.45, 7) is 4.17. The number of pyridine rings is 1. The number of aliphatic carboxylic acids is 1. The lowest BCUT2D eigenvalue weighted by molar-refractivity contribution is -0.192. The van der Waals surface area contributed by atoms with E-state index in [1.54, 1.807) is 12.3 Å². The molecule has 0 bridgehead atoms. The average Bonchev–Trinajstić information content (AvgIpc) is 3.38. The van der Waals surface area contributed by atoms with Gasteiger partial charge in [0.2, 0.25) is 5.76 Å². The predicted octanol–water partition coefficient (Wildman–Crippen LogP) is 2.99. The van der Waals surface area contributed by atoms with Crippen molar-refractivity contribution in [2.45, 2.75) is 50.7 Å². The number of aromatic nitrogens is 2. The fourth-order valence-corrected chi connectivity index (χ4v) is 3.78. The van der Waals surface area contributed by atoms with Gasteiger partial charge in [0.1, 0.15) is 0 Å². The van der Waals surface area contributed by atoms with Crippen LogP contribution in [0.1, 0.15) is 41.1 Å². The topological polar surface area (TPSA) is 115 Å². The maximum atomic E-state index is 12.6. The molecule has 1 amide bonds. The van der Waals surface area contributed by atoms with E-state index in [9.17, 15) is 18.0 Å². The van der Waals surface area contributed by atoms with Crippen molar-refractivity contribution in [3.05, 3.63) is 47.6 Å². The number of halogens is 3. The number of piperidine rings is 1. The summed E-state index contributed by atoms with van der Waals surface area (Å²) in [5.74, 6) is -2.58. The summed E-state index contributed by atoms with van der Waals surface area (Å²) in [7, 11) is 0. The van der Waals surface area contributed by atoms with Crippen LogP contribution in [0.2, 0.25) is 0 Å². The Hall–Kier alpha value is -2.99. The summed E-state index contributed by atoms with van der Waals surface area (Å²) in [6, 6.07) is 5.58. The van der Waals surface area contributed by atoms with Gasteiger partial charge in [-0.15, -0.1) is 0 Å². The molecule has 0 aromatic carbocycles.